The summed E-state index contributed by atoms with van der Waals surface area (Å²) < 4.78 is 59.0. The highest BCUT2D eigenvalue weighted by Gasteiger charge is 2.30. The van der Waals surface area contributed by atoms with Gasteiger partial charge in [0, 0.05) is 25.3 Å². The summed E-state index contributed by atoms with van der Waals surface area (Å²) in [6.45, 7) is 0.792. The lowest BCUT2D eigenvalue weighted by Gasteiger charge is -2.28. The van der Waals surface area contributed by atoms with Gasteiger partial charge in [-0.15, -0.1) is 0 Å². The maximum absolute atomic E-state index is 13.8. The Bertz CT molecular complexity index is 657. The topological polar surface area (TPSA) is 46.6 Å². The minimum absolute atomic E-state index is 0.000956. The molecule has 0 radical (unpaired) electrons. The summed E-state index contributed by atoms with van der Waals surface area (Å²) >= 11 is 0. The summed E-state index contributed by atoms with van der Waals surface area (Å²) in [6.07, 6.45) is 2.51. The number of ether oxygens (including phenoxy) is 1. The Balaban J connectivity index is 1.71. The van der Waals surface area contributed by atoms with Crippen molar-refractivity contribution in [1.82, 2.24) is 4.31 Å². The average molecular weight is 331 g/mol. The quantitative estimate of drug-likeness (QED) is 0.850. The summed E-state index contributed by atoms with van der Waals surface area (Å²) in [4.78, 5) is 0. The zero-order valence-electron chi connectivity index (χ0n) is 12.2. The van der Waals surface area contributed by atoms with Crippen LogP contribution in [0.5, 0.6) is 0 Å². The Morgan fingerprint density at radius 2 is 1.95 bits per heavy atom. The highest BCUT2D eigenvalue weighted by atomic mass is 32.2. The number of hydrogen-bond donors (Lipinski definition) is 0. The first-order valence-electron chi connectivity index (χ1n) is 7.52. The summed E-state index contributed by atoms with van der Waals surface area (Å²) in [7, 11) is -3.48. The lowest BCUT2D eigenvalue weighted by Crippen LogP contribution is -2.38. The van der Waals surface area contributed by atoms with Crippen LogP contribution in [0.25, 0.3) is 0 Å². The third-order valence-electron chi connectivity index (χ3n) is 4.38. The van der Waals surface area contributed by atoms with Crippen molar-refractivity contribution in [2.75, 3.05) is 18.9 Å². The minimum atomic E-state index is -3.48. The molecule has 2 aliphatic heterocycles. The smallest absolute Gasteiger partial charge is 0.214 e. The van der Waals surface area contributed by atoms with Crippen molar-refractivity contribution >= 4 is 10.0 Å². The Hall–Kier alpha value is -1.05. The number of hydrogen-bond acceptors (Lipinski definition) is 3. The predicted molar refractivity (Wildman–Crippen MR) is 77.8 cm³/mol. The molecule has 122 valence electrons. The van der Waals surface area contributed by atoms with Crippen LogP contribution >= 0.6 is 0 Å². The summed E-state index contributed by atoms with van der Waals surface area (Å²) in [5, 5.41) is 0. The first-order valence-corrected chi connectivity index (χ1v) is 9.13. The number of benzene rings is 1. The van der Waals surface area contributed by atoms with Gasteiger partial charge in [0.25, 0.3) is 0 Å². The molecule has 22 heavy (non-hydrogen) atoms. The molecule has 2 aliphatic rings. The van der Waals surface area contributed by atoms with Gasteiger partial charge in [-0.3, -0.25) is 0 Å². The van der Waals surface area contributed by atoms with E-state index in [1.165, 1.54) is 4.31 Å². The normalized spacial score (nSPS) is 22.7. The third kappa shape index (κ3) is 3.16. The van der Waals surface area contributed by atoms with E-state index in [9.17, 15) is 17.2 Å². The van der Waals surface area contributed by atoms with Gasteiger partial charge in [-0.2, -0.15) is 4.31 Å². The van der Waals surface area contributed by atoms with E-state index in [2.05, 4.69) is 0 Å². The van der Waals surface area contributed by atoms with Crippen molar-refractivity contribution in [2.45, 2.75) is 38.3 Å². The van der Waals surface area contributed by atoms with Gasteiger partial charge in [-0.25, -0.2) is 17.2 Å². The molecule has 0 aliphatic carbocycles. The predicted octanol–water partition coefficient (Wildman–Crippen LogP) is 2.22. The van der Waals surface area contributed by atoms with E-state index in [-0.39, 0.29) is 36.9 Å². The fourth-order valence-corrected chi connectivity index (χ4v) is 4.60. The van der Waals surface area contributed by atoms with E-state index in [4.69, 9.17) is 4.74 Å². The van der Waals surface area contributed by atoms with Crippen LogP contribution in [-0.4, -0.2) is 37.7 Å². The standard InChI is InChI=1S/C15H19F2NO3S/c16-14-3-4-15(17)13-10-18(7-5-12(13)14)22(19,20)9-6-11-2-1-8-21-11/h3-4,11H,1-2,5-10H2. The molecule has 1 fully saturated rings. The summed E-state index contributed by atoms with van der Waals surface area (Å²) in [5.74, 6) is -1.02. The molecule has 3 rings (SSSR count). The lowest BCUT2D eigenvalue weighted by molar-refractivity contribution is 0.108. The number of halogens is 2. The Labute approximate surface area is 129 Å². The summed E-state index contributed by atoms with van der Waals surface area (Å²) in [6, 6.07) is 2.15. The number of rotatable bonds is 4. The van der Waals surface area contributed by atoms with Crippen molar-refractivity contribution in [3.63, 3.8) is 0 Å². The average Bonchev–Trinajstić information content (AvgIpc) is 3.02. The summed E-state index contributed by atoms with van der Waals surface area (Å²) in [5.41, 5.74) is 0.456. The molecule has 0 bridgehead atoms. The molecule has 0 saturated carbocycles. The van der Waals surface area contributed by atoms with E-state index in [0.29, 0.717) is 18.6 Å². The fourth-order valence-electron chi connectivity index (χ4n) is 3.09. The second kappa shape index (κ2) is 6.22. The maximum Gasteiger partial charge on any atom is 0.214 e. The Morgan fingerprint density at radius 3 is 2.64 bits per heavy atom. The molecule has 2 heterocycles. The highest BCUT2D eigenvalue weighted by molar-refractivity contribution is 7.89. The van der Waals surface area contributed by atoms with Crippen molar-refractivity contribution in [3.05, 3.63) is 34.9 Å². The van der Waals surface area contributed by atoms with Gasteiger partial charge in [0.05, 0.1) is 11.9 Å². The molecule has 4 nitrogen and oxygen atoms in total. The van der Waals surface area contributed by atoms with Gasteiger partial charge in [0.2, 0.25) is 10.0 Å². The van der Waals surface area contributed by atoms with E-state index < -0.39 is 21.7 Å². The van der Waals surface area contributed by atoms with Gasteiger partial charge in [0.1, 0.15) is 11.6 Å². The van der Waals surface area contributed by atoms with Crippen LogP contribution in [0.3, 0.4) is 0 Å². The van der Waals surface area contributed by atoms with Gasteiger partial charge >= 0.3 is 0 Å². The molecule has 1 aromatic carbocycles. The van der Waals surface area contributed by atoms with Gasteiger partial charge in [-0.1, -0.05) is 0 Å². The maximum atomic E-state index is 13.8. The number of fused-ring (bicyclic) bond motifs is 1. The van der Waals surface area contributed by atoms with E-state index >= 15 is 0 Å². The second-order valence-electron chi connectivity index (χ2n) is 5.81. The molecule has 0 amide bonds. The van der Waals surface area contributed by atoms with Gasteiger partial charge in [-0.05, 0) is 43.4 Å². The van der Waals surface area contributed by atoms with Crippen LogP contribution in [0.2, 0.25) is 0 Å². The van der Waals surface area contributed by atoms with Crippen molar-refractivity contribution in [2.24, 2.45) is 0 Å². The van der Waals surface area contributed by atoms with Crippen LogP contribution < -0.4 is 0 Å². The zero-order valence-corrected chi connectivity index (χ0v) is 13.0. The Morgan fingerprint density at radius 1 is 1.23 bits per heavy atom. The van der Waals surface area contributed by atoms with Gasteiger partial charge in [0.15, 0.2) is 0 Å². The van der Waals surface area contributed by atoms with E-state index in [1.807, 2.05) is 0 Å². The minimum Gasteiger partial charge on any atom is -0.378 e. The van der Waals surface area contributed by atoms with Crippen molar-refractivity contribution in [1.29, 1.82) is 0 Å². The van der Waals surface area contributed by atoms with Crippen LogP contribution in [0.4, 0.5) is 8.78 Å². The molecule has 0 N–H and O–H groups in total. The molecule has 0 spiro atoms. The zero-order chi connectivity index (χ0) is 15.7. The number of nitrogens with zero attached hydrogens (tertiary/aromatic N) is 1. The van der Waals surface area contributed by atoms with Crippen LogP contribution in [0, 0.1) is 11.6 Å². The molecule has 0 aromatic heterocycles. The largest absolute Gasteiger partial charge is 0.378 e. The van der Waals surface area contributed by atoms with Crippen molar-refractivity contribution in [3.8, 4) is 0 Å². The molecule has 7 heteroatoms. The monoisotopic (exact) mass is 331 g/mol. The third-order valence-corrected chi connectivity index (χ3v) is 6.23. The first-order chi connectivity index (χ1) is 10.5. The SMILES string of the molecule is O=S(=O)(CCC1CCCO1)N1CCc2c(F)ccc(F)c2C1. The molecule has 1 saturated heterocycles. The molecule has 1 unspecified atom stereocenters. The van der Waals surface area contributed by atoms with Crippen LogP contribution in [-0.2, 0) is 27.7 Å². The van der Waals surface area contributed by atoms with Crippen LogP contribution in [0.15, 0.2) is 12.1 Å². The molecular weight excluding hydrogens is 312 g/mol. The van der Waals surface area contributed by atoms with Crippen molar-refractivity contribution < 1.29 is 21.9 Å². The molecular formula is C15H19F2NO3S. The number of sulfonamides is 1. The highest BCUT2D eigenvalue weighted by Crippen LogP contribution is 2.27. The molecule has 1 atom stereocenters. The first kappa shape index (κ1) is 15.8. The van der Waals surface area contributed by atoms with Gasteiger partial charge < -0.3 is 4.74 Å². The second-order valence-corrected chi connectivity index (χ2v) is 7.90. The molecule has 1 aromatic rings. The lowest BCUT2D eigenvalue weighted by atomic mass is 10.00. The Kier molecular flexibility index (Phi) is 4.47. The van der Waals surface area contributed by atoms with E-state index in [0.717, 1.165) is 25.0 Å². The van der Waals surface area contributed by atoms with E-state index in [1.54, 1.807) is 0 Å². The van der Waals surface area contributed by atoms with Crippen LogP contribution in [0.1, 0.15) is 30.4 Å². The fraction of sp³-hybridized carbons (Fsp3) is 0.600.